The van der Waals surface area contributed by atoms with Crippen LogP contribution in [-0.2, 0) is 6.54 Å². The van der Waals surface area contributed by atoms with Crippen LogP contribution >= 0.6 is 0 Å². The van der Waals surface area contributed by atoms with Gasteiger partial charge in [0.05, 0.1) is 23.0 Å². The number of nitrogens with one attached hydrogen (secondary N) is 3. The lowest BCUT2D eigenvalue weighted by Crippen LogP contribution is -2.37. The molecule has 1 aliphatic heterocycles. The number of benzene rings is 2. The van der Waals surface area contributed by atoms with Gasteiger partial charge in [-0.25, -0.2) is 4.39 Å². The lowest BCUT2D eigenvalue weighted by molar-refractivity contribution is 0.197. The molecule has 36 heavy (non-hydrogen) atoms. The highest BCUT2D eigenvalue weighted by molar-refractivity contribution is 6.02. The SMILES string of the molecule is CNc1ccc(-c2ncc3c(ccn3CC3(C)CCNCC3)c2-c2ccc(C#N)c(F)c2)cc1C=N. The fourth-order valence-electron chi connectivity index (χ4n) is 5.22. The molecular formula is C29H29FN6. The van der Waals surface area contributed by atoms with Crippen molar-refractivity contribution in [2.45, 2.75) is 26.3 Å². The number of anilines is 1. The maximum Gasteiger partial charge on any atom is 0.141 e. The van der Waals surface area contributed by atoms with E-state index in [2.05, 4.69) is 34.4 Å². The van der Waals surface area contributed by atoms with Crippen molar-refractivity contribution in [1.82, 2.24) is 14.9 Å². The van der Waals surface area contributed by atoms with E-state index in [9.17, 15) is 9.65 Å². The molecule has 2 aromatic heterocycles. The smallest absolute Gasteiger partial charge is 0.141 e. The molecule has 0 atom stereocenters. The van der Waals surface area contributed by atoms with E-state index in [1.165, 1.54) is 18.3 Å². The zero-order chi connectivity index (χ0) is 25.3. The second kappa shape index (κ2) is 9.56. The highest BCUT2D eigenvalue weighted by atomic mass is 19.1. The maximum absolute atomic E-state index is 14.8. The normalized spacial score (nSPS) is 14.9. The van der Waals surface area contributed by atoms with Crippen LogP contribution < -0.4 is 10.6 Å². The Morgan fingerprint density at radius 1 is 1.19 bits per heavy atom. The van der Waals surface area contributed by atoms with E-state index >= 15 is 0 Å². The van der Waals surface area contributed by atoms with Crippen molar-refractivity contribution in [3.05, 3.63) is 71.8 Å². The van der Waals surface area contributed by atoms with Crippen molar-refractivity contribution >= 4 is 22.8 Å². The molecule has 182 valence electrons. The van der Waals surface area contributed by atoms with Crippen LogP contribution in [0.15, 0.2) is 54.9 Å². The third kappa shape index (κ3) is 4.25. The Morgan fingerprint density at radius 2 is 1.97 bits per heavy atom. The molecule has 1 aliphatic rings. The molecule has 6 nitrogen and oxygen atoms in total. The summed E-state index contributed by atoms with van der Waals surface area (Å²) in [5, 5.41) is 24.6. The average Bonchev–Trinajstić information content (AvgIpc) is 3.30. The fraction of sp³-hybridized carbons (Fsp3) is 0.276. The summed E-state index contributed by atoms with van der Waals surface area (Å²) in [6.07, 6.45) is 7.52. The van der Waals surface area contributed by atoms with Gasteiger partial charge in [0, 0.05) is 53.8 Å². The predicted molar refractivity (Wildman–Crippen MR) is 143 cm³/mol. The molecule has 1 saturated heterocycles. The van der Waals surface area contributed by atoms with Crippen molar-refractivity contribution in [1.29, 1.82) is 10.7 Å². The molecule has 5 rings (SSSR count). The number of nitriles is 1. The van der Waals surface area contributed by atoms with E-state index in [1.54, 1.807) is 6.07 Å². The summed E-state index contributed by atoms with van der Waals surface area (Å²) in [4.78, 5) is 4.89. The van der Waals surface area contributed by atoms with Crippen LogP contribution in [0.4, 0.5) is 10.1 Å². The molecule has 0 aliphatic carbocycles. The molecule has 0 radical (unpaired) electrons. The van der Waals surface area contributed by atoms with Gasteiger partial charge in [-0.2, -0.15) is 5.26 Å². The summed E-state index contributed by atoms with van der Waals surface area (Å²) in [6, 6.07) is 14.5. The number of pyridine rings is 1. The Morgan fingerprint density at radius 3 is 2.67 bits per heavy atom. The number of hydrogen-bond donors (Lipinski definition) is 3. The lowest BCUT2D eigenvalue weighted by atomic mass is 9.81. The van der Waals surface area contributed by atoms with Crippen LogP contribution in [-0.4, -0.2) is 35.9 Å². The summed E-state index contributed by atoms with van der Waals surface area (Å²) in [6.45, 7) is 5.26. The van der Waals surface area contributed by atoms with Crippen molar-refractivity contribution < 1.29 is 4.39 Å². The predicted octanol–water partition coefficient (Wildman–Crippen LogP) is 5.81. The number of halogens is 1. The number of fused-ring (bicyclic) bond motifs is 1. The monoisotopic (exact) mass is 480 g/mol. The van der Waals surface area contributed by atoms with Crippen LogP contribution in [0, 0.1) is 28.0 Å². The number of piperidine rings is 1. The Balaban J connectivity index is 1.71. The van der Waals surface area contributed by atoms with Gasteiger partial charge in [0.2, 0.25) is 0 Å². The molecule has 0 spiro atoms. The van der Waals surface area contributed by atoms with Crippen LogP contribution in [0.2, 0.25) is 0 Å². The minimum atomic E-state index is -0.551. The topological polar surface area (TPSA) is 89.5 Å². The van der Waals surface area contributed by atoms with Crippen molar-refractivity contribution in [2.75, 3.05) is 25.5 Å². The first-order chi connectivity index (χ1) is 17.5. The van der Waals surface area contributed by atoms with Gasteiger partial charge < -0.3 is 20.6 Å². The molecular weight excluding hydrogens is 451 g/mol. The molecule has 3 N–H and O–H groups in total. The largest absolute Gasteiger partial charge is 0.388 e. The second-order valence-corrected chi connectivity index (χ2v) is 9.79. The second-order valence-electron chi connectivity index (χ2n) is 9.79. The molecule has 4 aromatic rings. The fourth-order valence-corrected chi connectivity index (χ4v) is 5.22. The molecule has 0 bridgehead atoms. The van der Waals surface area contributed by atoms with Gasteiger partial charge in [-0.1, -0.05) is 19.1 Å². The zero-order valence-corrected chi connectivity index (χ0v) is 20.5. The van der Waals surface area contributed by atoms with Gasteiger partial charge in [0.25, 0.3) is 0 Å². The minimum absolute atomic E-state index is 0.0151. The maximum atomic E-state index is 14.8. The van der Waals surface area contributed by atoms with E-state index in [-0.39, 0.29) is 11.0 Å². The quantitative estimate of drug-likeness (QED) is 0.304. The van der Waals surface area contributed by atoms with Crippen molar-refractivity contribution in [2.24, 2.45) is 5.41 Å². The van der Waals surface area contributed by atoms with Crippen LogP contribution in [0.1, 0.15) is 30.9 Å². The molecule has 0 amide bonds. The van der Waals surface area contributed by atoms with Crippen molar-refractivity contribution in [3.8, 4) is 28.5 Å². The van der Waals surface area contributed by atoms with Gasteiger partial charge >= 0.3 is 0 Å². The van der Waals surface area contributed by atoms with E-state index in [0.29, 0.717) is 11.3 Å². The van der Waals surface area contributed by atoms with E-state index in [0.717, 1.165) is 65.8 Å². The Bertz CT molecular complexity index is 1490. The summed E-state index contributed by atoms with van der Waals surface area (Å²) in [5.74, 6) is -0.551. The third-order valence-corrected chi connectivity index (χ3v) is 7.32. The third-order valence-electron chi connectivity index (χ3n) is 7.32. The first kappa shape index (κ1) is 23.7. The number of nitrogens with zero attached hydrogens (tertiary/aromatic N) is 3. The Labute approximate surface area is 210 Å². The van der Waals surface area contributed by atoms with Crippen LogP contribution in [0.3, 0.4) is 0 Å². The van der Waals surface area contributed by atoms with Gasteiger partial charge in [-0.3, -0.25) is 4.98 Å². The molecule has 1 fully saturated rings. The molecule has 2 aromatic carbocycles. The first-order valence-corrected chi connectivity index (χ1v) is 12.2. The van der Waals surface area contributed by atoms with Gasteiger partial charge in [0.15, 0.2) is 0 Å². The van der Waals surface area contributed by atoms with Gasteiger partial charge in [0.1, 0.15) is 11.9 Å². The van der Waals surface area contributed by atoms with Crippen LogP contribution in [0.25, 0.3) is 33.3 Å². The summed E-state index contributed by atoms with van der Waals surface area (Å²) < 4.78 is 17.0. The standard InChI is InChI=1S/C29H29FN6/c1-29(8-10-34-11-9-29)18-36-12-7-23-26(36)17-35-28(20-5-6-25(33-2)22(13-20)16-32)27(23)19-3-4-21(15-31)24(30)14-19/h3-7,12-14,16-17,32-34H,8-11,18H2,1-2H3. The van der Waals surface area contributed by atoms with E-state index in [1.807, 2.05) is 37.5 Å². The molecule has 0 saturated carbocycles. The highest BCUT2D eigenvalue weighted by Gasteiger charge is 2.28. The van der Waals surface area contributed by atoms with E-state index < -0.39 is 5.82 Å². The summed E-state index contributed by atoms with van der Waals surface area (Å²) in [5.41, 5.74) is 5.83. The average molecular weight is 481 g/mol. The Hall–Kier alpha value is -4.02. The van der Waals surface area contributed by atoms with E-state index in [4.69, 9.17) is 10.4 Å². The Kier molecular flexibility index (Phi) is 6.29. The van der Waals surface area contributed by atoms with Gasteiger partial charge in [-0.15, -0.1) is 0 Å². The summed E-state index contributed by atoms with van der Waals surface area (Å²) >= 11 is 0. The lowest BCUT2D eigenvalue weighted by Gasteiger charge is -2.34. The summed E-state index contributed by atoms with van der Waals surface area (Å²) in [7, 11) is 1.82. The molecule has 0 unspecified atom stereocenters. The number of aromatic nitrogens is 2. The minimum Gasteiger partial charge on any atom is -0.388 e. The first-order valence-electron chi connectivity index (χ1n) is 12.2. The number of rotatable bonds is 6. The van der Waals surface area contributed by atoms with Crippen molar-refractivity contribution in [3.63, 3.8) is 0 Å². The van der Waals surface area contributed by atoms with Crippen LogP contribution in [0.5, 0.6) is 0 Å². The molecule has 7 heteroatoms. The molecule has 3 heterocycles. The number of hydrogen-bond acceptors (Lipinski definition) is 5. The van der Waals surface area contributed by atoms with Gasteiger partial charge in [-0.05, 0) is 67.2 Å². The highest BCUT2D eigenvalue weighted by Crippen LogP contribution is 2.39. The zero-order valence-electron chi connectivity index (χ0n) is 20.5.